The Labute approximate surface area is 196 Å². The molecule has 4 rings (SSSR count). The molecular weight excluding hydrogens is 444 g/mol. The molecule has 1 atom stereocenters. The third-order valence-corrected chi connectivity index (χ3v) is 6.66. The van der Waals surface area contributed by atoms with E-state index in [9.17, 15) is 19.7 Å². The second-order valence-corrected chi connectivity index (χ2v) is 9.30. The largest absolute Gasteiger partial charge is 0.459 e. The van der Waals surface area contributed by atoms with E-state index in [0.717, 1.165) is 31.6 Å². The lowest BCUT2D eigenvalue weighted by Crippen LogP contribution is -2.38. The fraction of sp³-hybridized carbons (Fsp3) is 0.435. The Morgan fingerprint density at radius 2 is 1.91 bits per heavy atom. The Kier molecular flexibility index (Phi) is 6.55. The molecule has 0 spiro atoms. The standard InChI is InChI=1S/C23H26N4O5S/c1-14(2)32-22(29)20-15(3)24-23-26(21(20)16-6-8-17(9-7-16)27(30)31)18(13-33-23)12-19(28)25-10-4-5-11-25/h6-9,13-14,21H,4-5,10-12H2,1-3H3. The van der Waals surface area contributed by atoms with Crippen LogP contribution in [0.5, 0.6) is 0 Å². The molecule has 3 aliphatic heterocycles. The van der Waals surface area contributed by atoms with Gasteiger partial charge in [-0.05, 0) is 56.7 Å². The molecule has 0 radical (unpaired) electrons. The van der Waals surface area contributed by atoms with Crippen LogP contribution < -0.4 is 0 Å². The molecule has 0 saturated carbocycles. The molecule has 1 saturated heterocycles. The van der Waals surface area contributed by atoms with Crippen molar-refractivity contribution < 1.29 is 19.2 Å². The Balaban J connectivity index is 1.72. The number of likely N-dealkylation sites (tertiary alicyclic amines) is 1. The van der Waals surface area contributed by atoms with E-state index in [2.05, 4.69) is 4.99 Å². The highest BCUT2D eigenvalue weighted by atomic mass is 32.2. The number of hydrogen-bond donors (Lipinski definition) is 0. The van der Waals surface area contributed by atoms with Gasteiger partial charge in [0.15, 0.2) is 5.17 Å². The number of nitro benzene ring substituents is 1. The first-order valence-electron chi connectivity index (χ1n) is 10.9. The van der Waals surface area contributed by atoms with Crippen molar-refractivity contribution in [3.63, 3.8) is 0 Å². The van der Waals surface area contributed by atoms with Crippen LogP contribution >= 0.6 is 11.8 Å². The maximum absolute atomic E-state index is 13.1. The number of nitrogens with zero attached hydrogens (tertiary/aromatic N) is 4. The second kappa shape index (κ2) is 9.38. The molecule has 1 fully saturated rings. The summed E-state index contributed by atoms with van der Waals surface area (Å²) in [5, 5.41) is 13.7. The van der Waals surface area contributed by atoms with Crippen molar-refractivity contribution in [3.8, 4) is 0 Å². The molecule has 1 aromatic carbocycles. The predicted octanol–water partition coefficient (Wildman–Crippen LogP) is 4.13. The van der Waals surface area contributed by atoms with Crippen molar-refractivity contribution >= 4 is 34.5 Å². The number of nitro groups is 1. The van der Waals surface area contributed by atoms with E-state index in [1.54, 1.807) is 32.9 Å². The van der Waals surface area contributed by atoms with Gasteiger partial charge < -0.3 is 14.5 Å². The van der Waals surface area contributed by atoms with Gasteiger partial charge in [0.25, 0.3) is 5.69 Å². The number of amides is 1. The molecule has 174 valence electrons. The van der Waals surface area contributed by atoms with Crippen LogP contribution in [0.15, 0.2) is 51.6 Å². The zero-order valence-electron chi connectivity index (χ0n) is 18.8. The van der Waals surface area contributed by atoms with Gasteiger partial charge in [-0.15, -0.1) is 0 Å². The van der Waals surface area contributed by atoms with Gasteiger partial charge in [0.2, 0.25) is 5.91 Å². The molecule has 1 unspecified atom stereocenters. The normalized spacial score (nSPS) is 20.1. The van der Waals surface area contributed by atoms with Gasteiger partial charge in [0.05, 0.1) is 34.8 Å². The first-order valence-corrected chi connectivity index (χ1v) is 11.8. The summed E-state index contributed by atoms with van der Waals surface area (Å²) in [4.78, 5) is 45.1. The summed E-state index contributed by atoms with van der Waals surface area (Å²) in [6, 6.07) is 5.53. The number of esters is 1. The van der Waals surface area contributed by atoms with E-state index in [4.69, 9.17) is 4.74 Å². The number of hydrogen-bond acceptors (Lipinski definition) is 8. The Morgan fingerprint density at radius 3 is 2.52 bits per heavy atom. The van der Waals surface area contributed by atoms with E-state index in [0.29, 0.717) is 22.0 Å². The fourth-order valence-corrected chi connectivity index (χ4v) is 5.20. The molecule has 1 aromatic rings. The number of thioether (sulfide) groups is 1. The van der Waals surface area contributed by atoms with Crippen LogP contribution in [0.3, 0.4) is 0 Å². The van der Waals surface area contributed by atoms with Gasteiger partial charge >= 0.3 is 5.97 Å². The number of benzene rings is 1. The zero-order chi connectivity index (χ0) is 23.7. The van der Waals surface area contributed by atoms with Crippen LogP contribution in [0.1, 0.15) is 51.6 Å². The summed E-state index contributed by atoms with van der Waals surface area (Å²) in [6.45, 7) is 6.83. The van der Waals surface area contributed by atoms with Crippen LogP contribution in [-0.2, 0) is 14.3 Å². The lowest BCUT2D eigenvalue weighted by atomic mass is 9.93. The first-order chi connectivity index (χ1) is 15.8. The molecule has 0 N–H and O–H groups in total. The van der Waals surface area contributed by atoms with E-state index in [1.807, 2.05) is 15.2 Å². The van der Waals surface area contributed by atoms with Crippen LogP contribution in [0.2, 0.25) is 0 Å². The Hall–Kier alpha value is -3.14. The summed E-state index contributed by atoms with van der Waals surface area (Å²) in [6.07, 6.45) is 1.89. The van der Waals surface area contributed by atoms with Crippen LogP contribution in [0, 0.1) is 10.1 Å². The first kappa shape index (κ1) is 23.0. The molecule has 1 amide bonds. The number of ether oxygens (including phenoxy) is 1. The van der Waals surface area contributed by atoms with E-state index in [-0.39, 0.29) is 24.1 Å². The lowest BCUT2D eigenvalue weighted by Gasteiger charge is -2.36. The molecule has 3 aliphatic rings. The van der Waals surface area contributed by atoms with Crippen molar-refractivity contribution in [2.75, 3.05) is 13.1 Å². The SMILES string of the molecule is CC1=C(C(=O)OC(C)C)C(c2ccc([N+](=O)[O-])cc2)N2C(CC(=O)N3CCCC3)=CSC2=N1. The van der Waals surface area contributed by atoms with Gasteiger partial charge in [-0.3, -0.25) is 14.9 Å². The zero-order valence-corrected chi connectivity index (χ0v) is 19.6. The molecule has 10 heteroatoms. The predicted molar refractivity (Wildman–Crippen MR) is 125 cm³/mol. The lowest BCUT2D eigenvalue weighted by molar-refractivity contribution is -0.384. The van der Waals surface area contributed by atoms with Gasteiger partial charge in [-0.1, -0.05) is 11.8 Å². The van der Waals surface area contributed by atoms with Crippen molar-refractivity contribution in [2.45, 2.75) is 52.2 Å². The average Bonchev–Trinajstić information content (AvgIpc) is 3.43. The number of allylic oxidation sites excluding steroid dienone is 1. The van der Waals surface area contributed by atoms with Gasteiger partial charge in [0.1, 0.15) is 0 Å². The minimum atomic E-state index is -0.600. The molecule has 0 aliphatic carbocycles. The van der Waals surface area contributed by atoms with E-state index in [1.165, 1.54) is 23.9 Å². The third-order valence-electron chi connectivity index (χ3n) is 5.77. The molecule has 3 heterocycles. The molecule has 33 heavy (non-hydrogen) atoms. The number of aliphatic imine (C=N–C) groups is 1. The summed E-state index contributed by atoms with van der Waals surface area (Å²) < 4.78 is 5.52. The van der Waals surface area contributed by atoms with Crippen molar-refractivity contribution in [2.24, 2.45) is 4.99 Å². The highest BCUT2D eigenvalue weighted by Crippen LogP contribution is 2.45. The molecule has 0 bridgehead atoms. The molecule has 9 nitrogen and oxygen atoms in total. The summed E-state index contributed by atoms with van der Waals surface area (Å²) >= 11 is 1.41. The quantitative estimate of drug-likeness (QED) is 0.350. The monoisotopic (exact) mass is 470 g/mol. The fourth-order valence-electron chi connectivity index (χ4n) is 4.24. The number of non-ortho nitro benzene ring substituents is 1. The number of amidine groups is 1. The maximum Gasteiger partial charge on any atom is 0.338 e. The highest BCUT2D eigenvalue weighted by Gasteiger charge is 2.41. The summed E-state index contributed by atoms with van der Waals surface area (Å²) in [5.41, 5.74) is 2.30. The third kappa shape index (κ3) is 4.66. The van der Waals surface area contributed by atoms with Crippen molar-refractivity contribution in [1.82, 2.24) is 9.80 Å². The Morgan fingerprint density at radius 1 is 1.24 bits per heavy atom. The summed E-state index contributed by atoms with van der Waals surface area (Å²) in [5.74, 6) is -0.448. The molecule has 0 aromatic heterocycles. The number of rotatable bonds is 6. The number of fused-ring (bicyclic) bond motifs is 1. The number of carbonyl (C=O) groups excluding carboxylic acids is 2. The average molecular weight is 471 g/mol. The highest BCUT2D eigenvalue weighted by molar-refractivity contribution is 8.16. The minimum absolute atomic E-state index is 0.0359. The van der Waals surface area contributed by atoms with Crippen LogP contribution in [0.25, 0.3) is 0 Å². The van der Waals surface area contributed by atoms with Crippen molar-refractivity contribution in [1.29, 1.82) is 0 Å². The second-order valence-electron chi connectivity index (χ2n) is 8.46. The van der Waals surface area contributed by atoms with Crippen LogP contribution in [-0.4, -0.2) is 51.0 Å². The minimum Gasteiger partial charge on any atom is -0.459 e. The van der Waals surface area contributed by atoms with Gasteiger partial charge in [0, 0.05) is 30.9 Å². The van der Waals surface area contributed by atoms with Crippen LogP contribution in [0.4, 0.5) is 5.69 Å². The summed E-state index contributed by atoms with van der Waals surface area (Å²) in [7, 11) is 0. The van der Waals surface area contributed by atoms with E-state index < -0.39 is 16.9 Å². The van der Waals surface area contributed by atoms with Gasteiger partial charge in [-0.25, -0.2) is 9.79 Å². The van der Waals surface area contributed by atoms with Gasteiger partial charge in [-0.2, -0.15) is 0 Å². The van der Waals surface area contributed by atoms with Crippen molar-refractivity contribution in [3.05, 3.63) is 62.3 Å². The van der Waals surface area contributed by atoms with E-state index >= 15 is 0 Å². The number of carbonyl (C=O) groups is 2. The Bertz CT molecular complexity index is 1070. The topological polar surface area (TPSA) is 105 Å². The maximum atomic E-state index is 13.1. The molecular formula is C23H26N4O5S. The smallest absolute Gasteiger partial charge is 0.338 e.